The first-order chi connectivity index (χ1) is 8.20. The second-order valence-electron chi connectivity index (χ2n) is 5.98. The first-order valence-corrected chi connectivity index (χ1v) is 7.01. The highest BCUT2D eigenvalue weighted by molar-refractivity contribution is 4.70. The molecule has 1 nitrogen and oxygen atoms in total. The lowest BCUT2D eigenvalue weighted by Gasteiger charge is -2.22. The van der Waals surface area contributed by atoms with Crippen LogP contribution in [0.15, 0.2) is 0 Å². The van der Waals surface area contributed by atoms with Crippen LogP contribution in [0.3, 0.4) is 0 Å². The summed E-state index contributed by atoms with van der Waals surface area (Å²) in [7, 11) is 0. The SMILES string of the molecule is CC(C)CC(CC(C)C)NCCCCC(F)(F)F. The minimum atomic E-state index is -4.00. The number of hydrogen-bond donors (Lipinski definition) is 1. The van der Waals surface area contributed by atoms with Crippen molar-refractivity contribution >= 4 is 0 Å². The highest BCUT2D eigenvalue weighted by atomic mass is 19.4. The lowest BCUT2D eigenvalue weighted by atomic mass is 9.95. The minimum Gasteiger partial charge on any atom is -0.314 e. The normalized spacial score (nSPS) is 13.0. The third kappa shape index (κ3) is 12.2. The minimum absolute atomic E-state index is 0.229. The van der Waals surface area contributed by atoms with Gasteiger partial charge in [-0.15, -0.1) is 0 Å². The summed E-state index contributed by atoms with van der Waals surface area (Å²) in [6.07, 6.45) is -1.64. The van der Waals surface area contributed by atoms with Crippen LogP contribution in [0.5, 0.6) is 0 Å². The molecule has 0 saturated carbocycles. The van der Waals surface area contributed by atoms with Crippen molar-refractivity contribution in [3.63, 3.8) is 0 Å². The number of unbranched alkanes of at least 4 members (excludes halogenated alkanes) is 1. The van der Waals surface area contributed by atoms with Crippen LogP contribution in [0.4, 0.5) is 13.2 Å². The Kier molecular flexibility index (Phi) is 8.66. The molecule has 0 aromatic heterocycles. The highest BCUT2D eigenvalue weighted by Gasteiger charge is 2.25. The maximum Gasteiger partial charge on any atom is 0.389 e. The fourth-order valence-corrected chi connectivity index (χ4v) is 2.16. The summed E-state index contributed by atoms with van der Waals surface area (Å²) in [5.41, 5.74) is 0. The van der Waals surface area contributed by atoms with E-state index in [1.165, 1.54) is 0 Å². The zero-order valence-electron chi connectivity index (χ0n) is 12.1. The lowest BCUT2D eigenvalue weighted by molar-refractivity contribution is -0.135. The van der Waals surface area contributed by atoms with E-state index < -0.39 is 12.6 Å². The summed E-state index contributed by atoms with van der Waals surface area (Å²) in [6.45, 7) is 9.41. The molecule has 0 radical (unpaired) electrons. The van der Waals surface area contributed by atoms with Crippen LogP contribution in [0, 0.1) is 11.8 Å². The first kappa shape index (κ1) is 17.8. The number of nitrogens with one attached hydrogen (secondary N) is 1. The van der Waals surface area contributed by atoms with Gasteiger partial charge in [0.1, 0.15) is 0 Å². The predicted molar refractivity (Wildman–Crippen MR) is 70.6 cm³/mol. The number of alkyl halides is 3. The predicted octanol–water partition coefficient (Wildman–Crippen LogP) is 4.77. The molecule has 0 aromatic carbocycles. The molecule has 1 N–H and O–H groups in total. The molecule has 18 heavy (non-hydrogen) atoms. The fraction of sp³-hybridized carbons (Fsp3) is 1.00. The Hall–Kier alpha value is -0.250. The molecule has 0 aromatic rings. The van der Waals surface area contributed by atoms with Gasteiger partial charge in [-0.3, -0.25) is 0 Å². The van der Waals surface area contributed by atoms with Crippen LogP contribution < -0.4 is 5.32 Å². The van der Waals surface area contributed by atoms with Crippen LogP contribution in [0.1, 0.15) is 59.8 Å². The van der Waals surface area contributed by atoms with Gasteiger partial charge in [-0.05, 0) is 44.1 Å². The van der Waals surface area contributed by atoms with Crippen molar-refractivity contribution in [3.05, 3.63) is 0 Å². The van der Waals surface area contributed by atoms with Crippen molar-refractivity contribution in [1.29, 1.82) is 0 Å². The van der Waals surface area contributed by atoms with Gasteiger partial charge in [0.25, 0.3) is 0 Å². The third-order valence-corrected chi connectivity index (χ3v) is 2.83. The second kappa shape index (κ2) is 8.78. The molecule has 0 unspecified atom stereocenters. The molecule has 110 valence electrons. The van der Waals surface area contributed by atoms with Gasteiger partial charge in [-0.25, -0.2) is 0 Å². The maximum absolute atomic E-state index is 12.0. The van der Waals surface area contributed by atoms with Gasteiger partial charge in [0, 0.05) is 12.5 Å². The Balaban J connectivity index is 3.75. The summed E-state index contributed by atoms with van der Waals surface area (Å²) in [5, 5.41) is 3.40. The van der Waals surface area contributed by atoms with Gasteiger partial charge in [-0.2, -0.15) is 13.2 Å². The summed E-state index contributed by atoms with van der Waals surface area (Å²) in [6, 6.07) is 0.441. The van der Waals surface area contributed by atoms with E-state index in [1.807, 2.05) is 0 Å². The first-order valence-electron chi connectivity index (χ1n) is 7.01. The number of hydrogen-bond acceptors (Lipinski definition) is 1. The van der Waals surface area contributed by atoms with Gasteiger partial charge >= 0.3 is 6.18 Å². The molecule has 0 saturated heterocycles. The molecule has 0 rings (SSSR count). The van der Waals surface area contributed by atoms with Crippen LogP contribution in [0.2, 0.25) is 0 Å². The van der Waals surface area contributed by atoms with E-state index in [2.05, 4.69) is 33.0 Å². The van der Waals surface area contributed by atoms with Crippen LogP contribution in [0.25, 0.3) is 0 Å². The standard InChI is InChI=1S/C14H28F3N/c1-11(2)9-13(10-12(3)4)18-8-6-5-7-14(15,16)17/h11-13,18H,5-10H2,1-4H3. The smallest absolute Gasteiger partial charge is 0.314 e. The molecular formula is C14H28F3N. The molecular weight excluding hydrogens is 239 g/mol. The van der Waals surface area contributed by atoms with E-state index in [0.717, 1.165) is 12.8 Å². The molecule has 0 aliphatic rings. The summed E-state index contributed by atoms with van der Waals surface area (Å²) in [5.74, 6) is 1.24. The lowest BCUT2D eigenvalue weighted by Crippen LogP contribution is -2.32. The third-order valence-electron chi connectivity index (χ3n) is 2.83. The van der Waals surface area contributed by atoms with Crippen molar-refractivity contribution in [2.45, 2.75) is 72.0 Å². The zero-order valence-corrected chi connectivity index (χ0v) is 12.1. The van der Waals surface area contributed by atoms with Gasteiger partial charge in [-0.1, -0.05) is 27.7 Å². The average molecular weight is 267 g/mol. The number of halogens is 3. The Morgan fingerprint density at radius 1 is 0.889 bits per heavy atom. The molecule has 0 aliphatic carbocycles. The molecule has 0 fully saturated rings. The molecule has 4 heteroatoms. The summed E-state index contributed by atoms with van der Waals surface area (Å²) in [4.78, 5) is 0. The summed E-state index contributed by atoms with van der Waals surface area (Å²) < 4.78 is 35.9. The summed E-state index contributed by atoms with van der Waals surface area (Å²) >= 11 is 0. The molecule has 0 bridgehead atoms. The Bertz CT molecular complexity index is 190. The topological polar surface area (TPSA) is 12.0 Å². The molecule has 0 atom stereocenters. The van der Waals surface area contributed by atoms with Crippen molar-refractivity contribution < 1.29 is 13.2 Å². The van der Waals surface area contributed by atoms with Gasteiger partial charge in [0.2, 0.25) is 0 Å². The van der Waals surface area contributed by atoms with Crippen molar-refractivity contribution in [1.82, 2.24) is 5.32 Å². The van der Waals surface area contributed by atoms with Gasteiger partial charge in [0.15, 0.2) is 0 Å². The van der Waals surface area contributed by atoms with Gasteiger partial charge in [0.05, 0.1) is 0 Å². The average Bonchev–Trinajstić information content (AvgIpc) is 2.12. The van der Waals surface area contributed by atoms with E-state index in [1.54, 1.807) is 0 Å². The Labute approximate surface area is 110 Å². The van der Waals surface area contributed by atoms with Crippen LogP contribution in [-0.4, -0.2) is 18.8 Å². The van der Waals surface area contributed by atoms with E-state index in [0.29, 0.717) is 30.8 Å². The molecule has 0 heterocycles. The van der Waals surface area contributed by atoms with Crippen molar-refractivity contribution in [2.75, 3.05) is 6.54 Å². The van der Waals surface area contributed by atoms with E-state index >= 15 is 0 Å². The van der Waals surface area contributed by atoms with E-state index in [-0.39, 0.29) is 6.42 Å². The van der Waals surface area contributed by atoms with E-state index in [4.69, 9.17) is 0 Å². The molecule has 0 amide bonds. The highest BCUT2D eigenvalue weighted by Crippen LogP contribution is 2.22. The second-order valence-corrected chi connectivity index (χ2v) is 5.98. The zero-order chi connectivity index (χ0) is 14.2. The van der Waals surface area contributed by atoms with E-state index in [9.17, 15) is 13.2 Å². The van der Waals surface area contributed by atoms with Gasteiger partial charge < -0.3 is 5.32 Å². The maximum atomic E-state index is 12.0. The quantitative estimate of drug-likeness (QED) is 0.593. The van der Waals surface area contributed by atoms with Crippen molar-refractivity contribution in [3.8, 4) is 0 Å². The van der Waals surface area contributed by atoms with Crippen LogP contribution in [-0.2, 0) is 0 Å². The van der Waals surface area contributed by atoms with Crippen LogP contribution >= 0.6 is 0 Å². The van der Waals surface area contributed by atoms with Crippen molar-refractivity contribution in [2.24, 2.45) is 11.8 Å². The Morgan fingerprint density at radius 2 is 1.39 bits per heavy atom. The fourth-order valence-electron chi connectivity index (χ4n) is 2.16. The molecule has 0 spiro atoms. The Morgan fingerprint density at radius 3 is 1.78 bits per heavy atom. The largest absolute Gasteiger partial charge is 0.389 e. The molecule has 0 aliphatic heterocycles. The number of rotatable bonds is 9. The monoisotopic (exact) mass is 267 g/mol.